The van der Waals surface area contributed by atoms with Crippen LogP contribution in [0.2, 0.25) is 0 Å². The molecule has 10 heteroatoms. The van der Waals surface area contributed by atoms with Crippen LogP contribution in [0.5, 0.6) is 5.75 Å². The molecule has 21 heavy (non-hydrogen) atoms. The van der Waals surface area contributed by atoms with E-state index < -0.39 is 37.6 Å². The van der Waals surface area contributed by atoms with Crippen LogP contribution in [-0.2, 0) is 24.7 Å². The summed E-state index contributed by atoms with van der Waals surface area (Å²) in [6.07, 6.45) is 0.824. The zero-order chi connectivity index (χ0) is 16.3. The maximum absolute atomic E-state index is 12.0. The summed E-state index contributed by atoms with van der Waals surface area (Å²) in [5, 5.41) is 8.92. The summed E-state index contributed by atoms with van der Waals surface area (Å²) in [6.45, 7) is 0. The Bertz CT molecular complexity index is 707. The lowest BCUT2D eigenvalue weighted by Gasteiger charge is -2.14. The van der Waals surface area contributed by atoms with Crippen molar-refractivity contribution in [2.24, 2.45) is 0 Å². The van der Waals surface area contributed by atoms with Crippen LogP contribution in [0, 0.1) is 0 Å². The Morgan fingerprint density at radius 3 is 2.14 bits per heavy atom. The average molecular weight is 337 g/mol. The van der Waals surface area contributed by atoms with E-state index in [9.17, 15) is 21.6 Å². The molecule has 118 valence electrons. The first-order valence-electron chi connectivity index (χ1n) is 5.62. The maximum Gasteiger partial charge on any atom is 0.322 e. The second kappa shape index (κ2) is 6.41. The standard InChI is InChI=1S/C11H15NO7S2/c1-19-8-3-5-9(6-4-8)21(17,18)12-10(11(13)14)7-20(2,15)16/h3-6,10,12H,7H2,1-2H3,(H,13,14). The van der Waals surface area contributed by atoms with Gasteiger partial charge >= 0.3 is 5.97 Å². The van der Waals surface area contributed by atoms with Gasteiger partial charge in [0, 0.05) is 6.26 Å². The highest BCUT2D eigenvalue weighted by Gasteiger charge is 2.28. The molecular weight excluding hydrogens is 322 g/mol. The number of hydrogen-bond donors (Lipinski definition) is 2. The number of carboxylic acid groups (broad SMARTS) is 1. The number of rotatable bonds is 7. The van der Waals surface area contributed by atoms with Gasteiger partial charge in [-0.05, 0) is 24.3 Å². The topological polar surface area (TPSA) is 127 Å². The smallest absolute Gasteiger partial charge is 0.322 e. The van der Waals surface area contributed by atoms with Gasteiger partial charge in [0.1, 0.15) is 21.6 Å². The lowest BCUT2D eigenvalue weighted by atomic mass is 10.3. The molecule has 1 unspecified atom stereocenters. The normalized spacial score (nSPS) is 13.6. The second-order valence-corrected chi connectivity index (χ2v) is 8.18. The van der Waals surface area contributed by atoms with Crippen LogP contribution >= 0.6 is 0 Å². The first-order valence-corrected chi connectivity index (χ1v) is 9.16. The molecule has 8 nitrogen and oxygen atoms in total. The fourth-order valence-corrected chi connectivity index (χ4v) is 3.59. The number of methoxy groups -OCH3 is 1. The Morgan fingerprint density at radius 1 is 1.24 bits per heavy atom. The third kappa shape index (κ3) is 5.33. The number of sulfonamides is 1. The predicted octanol–water partition coefficient (Wildman–Crippen LogP) is -0.529. The number of aliphatic carboxylic acids is 1. The zero-order valence-corrected chi connectivity index (χ0v) is 12.9. The van der Waals surface area contributed by atoms with Crippen LogP contribution in [0.3, 0.4) is 0 Å². The van der Waals surface area contributed by atoms with Gasteiger partial charge < -0.3 is 9.84 Å². The van der Waals surface area contributed by atoms with Crippen LogP contribution in [0.25, 0.3) is 0 Å². The van der Waals surface area contributed by atoms with Crippen molar-refractivity contribution in [3.8, 4) is 5.75 Å². The van der Waals surface area contributed by atoms with Crippen molar-refractivity contribution in [1.82, 2.24) is 4.72 Å². The predicted molar refractivity (Wildman–Crippen MR) is 74.5 cm³/mol. The number of carboxylic acids is 1. The van der Waals surface area contributed by atoms with Gasteiger partial charge in [-0.1, -0.05) is 0 Å². The van der Waals surface area contributed by atoms with E-state index in [-0.39, 0.29) is 4.90 Å². The molecule has 0 radical (unpaired) electrons. The quantitative estimate of drug-likeness (QED) is 0.685. The number of hydrogen-bond acceptors (Lipinski definition) is 6. The summed E-state index contributed by atoms with van der Waals surface area (Å²) in [4.78, 5) is 10.8. The molecule has 1 aromatic carbocycles. The molecule has 1 atom stereocenters. The van der Waals surface area contributed by atoms with Crippen molar-refractivity contribution in [2.45, 2.75) is 10.9 Å². The van der Waals surface area contributed by atoms with Gasteiger partial charge in [0.05, 0.1) is 17.8 Å². The van der Waals surface area contributed by atoms with Gasteiger partial charge in [-0.2, -0.15) is 4.72 Å². The van der Waals surface area contributed by atoms with Crippen molar-refractivity contribution in [1.29, 1.82) is 0 Å². The summed E-state index contributed by atoms with van der Waals surface area (Å²) in [5.74, 6) is -1.98. The molecule has 0 aliphatic heterocycles. The number of benzene rings is 1. The van der Waals surface area contributed by atoms with E-state index in [0.717, 1.165) is 6.26 Å². The summed E-state index contributed by atoms with van der Waals surface area (Å²) in [6, 6.07) is 3.47. The summed E-state index contributed by atoms with van der Waals surface area (Å²) in [5.41, 5.74) is 0. The van der Waals surface area contributed by atoms with E-state index in [2.05, 4.69) is 0 Å². The molecule has 0 spiro atoms. The molecule has 1 rings (SSSR count). The van der Waals surface area contributed by atoms with Gasteiger partial charge in [0.15, 0.2) is 0 Å². The van der Waals surface area contributed by atoms with E-state index in [1.54, 1.807) is 0 Å². The Kier molecular flexibility index (Phi) is 5.31. The van der Waals surface area contributed by atoms with Crippen molar-refractivity contribution >= 4 is 25.8 Å². The highest BCUT2D eigenvalue weighted by Crippen LogP contribution is 2.15. The van der Waals surface area contributed by atoms with Crippen molar-refractivity contribution in [2.75, 3.05) is 19.1 Å². The maximum atomic E-state index is 12.0. The number of carbonyl (C=O) groups is 1. The Labute approximate surface area is 122 Å². The zero-order valence-electron chi connectivity index (χ0n) is 11.3. The minimum atomic E-state index is -4.15. The summed E-state index contributed by atoms with van der Waals surface area (Å²) in [7, 11) is -6.40. The lowest BCUT2D eigenvalue weighted by Crippen LogP contribution is -2.45. The second-order valence-electron chi connectivity index (χ2n) is 4.28. The molecule has 1 aromatic rings. The van der Waals surface area contributed by atoms with E-state index in [1.807, 2.05) is 4.72 Å². The highest BCUT2D eigenvalue weighted by atomic mass is 32.2. The first-order chi connectivity index (χ1) is 9.55. The third-order valence-electron chi connectivity index (χ3n) is 2.43. The van der Waals surface area contributed by atoms with Crippen LogP contribution < -0.4 is 9.46 Å². The molecule has 0 aliphatic rings. The fraction of sp³-hybridized carbons (Fsp3) is 0.364. The van der Waals surface area contributed by atoms with Gasteiger partial charge in [0.25, 0.3) is 0 Å². The van der Waals surface area contributed by atoms with Crippen molar-refractivity contribution in [3.63, 3.8) is 0 Å². The summed E-state index contributed by atoms with van der Waals surface area (Å²) < 4.78 is 53.1. The molecule has 0 amide bonds. The molecule has 2 N–H and O–H groups in total. The minimum Gasteiger partial charge on any atom is -0.497 e. The Balaban J connectivity index is 3.02. The van der Waals surface area contributed by atoms with Gasteiger partial charge in [-0.25, -0.2) is 16.8 Å². The molecule has 0 aliphatic carbocycles. The first kappa shape index (κ1) is 17.4. The summed E-state index contributed by atoms with van der Waals surface area (Å²) >= 11 is 0. The third-order valence-corrected chi connectivity index (χ3v) is 4.86. The number of sulfone groups is 1. The van der Waals surface area contributed by atoms with E-state index >= 15 is 0 Å². The Hall–Kier alpha value is -1.65. The molecule has 0 bridgehead atoms. The van der Waals surface area contributed by atoms with Crippen LogP contribution in [0.15, 0.2) is 29.2 Å². The molecular formula is C11H15NO7S2. The molecule has 0 heterocycles. The van der Waals surface area contributed by atoms with Crippen LogP contribution in [0.4, 0.5) is 0 Å². The van der Waals surface area contributed by atoms with Crippen LogP contribution in [-0.4, -0.2) is 53.1 Å². The minimum absolute atomic E-state index is 0.192. The largest absolute Gasteiger partial charge is 0.497 e. The van der Waals surface area contributed by atoms with Crippen LogP contribution in [0.1, 0.15) is 0 Å². The van der Waals surface area contributed by atoms with Gasteiger partial charge in [-0.3, -0.25) is 4.79 Å². The molecule has 0 aromatic heterocycles. The average Bonchev–Trinajstić information content (AvgIpc) is 2.36. The molecule has 0 saturated heterocycles. The monoisotopic (exact) mass is 337 g/mol. The van der Waals surface area contributed by atoms with E-state index in [4.69, 9.17) is 9.84 Å². The van der Waals surface area contributed by atoms with E-state index in [0.29, 0.717) is 5.75 Å². The van der Waals surface area contributed by atoms with Crippen molar-refractivity contribution in [3.05, 3.63) is 24.3 Å². The molecule has 0 fully saturated rings. The van der Waals surface area contributed by atoms with Gasteiger partial charge in [0.2, 0.25) is 10.0 Å². The highest BCUT2D eigenvalue weighted by molar-refractivity contribution is 7.91. The fourth-order valence-electron chi connectivity index (χ4n) is 1.47. The molecule has 0 saturated carbocycles. The van der Waals surface area contributed by atoms with Crippen molar-refractivity contribution < 1.29 is 31.5 Å². The SMILES string of the molecule is COc1ccc(S(=O)(=O)NC(CS(C)(=O)=O)C(=O)O)cc1. The van der Waals surface area contributed by atoms with E-state index in [1.165, 1.54) is 31.4 Å². The number of ether oxygens (including phenoxy) is 1. The Morgan fingerprint density at radius 2 is 1.76 bits per heavy atom. The lowest BCUT2D eigenvalue weighted by molar-refractivity contribution is -0.138. The number of nitrogens with one attached hydrogen (secondary N) is 1. The van der Waals surface area contributed by atoms with Gasteiger partial charge in [-0.15, -0.1) is 0 Å².